The van der Waals surface area contributed by atoms with E-state index < -0.39 is 5.60 Å². The molecular weight excluding hydrogens is 271 g/mol. The molecule has 2 N–H and O–H groups in total. The predicted octanol–water partition coefficient (Wildman–Crippen LogP) is 1.63. The third kappa shape index (κ3) is 4.25. The van der Waals surface area contributed by atoms with Crippen molar-refractivity contribution in [3.05, 3.63) is 35.6 Å². The summed E-state index contributed by atoms with van der Waals surface area (Å²) < 4.78 is 12.9. The fourth-order valence-corrected chi connectivity index (χ4v) is 2.65. The van der Waals surface area contributed by atoms with Gasteiger partial charge in [0.25, 0.3) is 0 Å². The van der Waals surface area contributed by atoms with Crippen molar-refractivity contribution < 1.29 is 14.3 Å². The molecule has 116 valence electrons. The van der Waals surface area contributed by atoms with E-state index in [2.05, 4.69) is 17.1 Å². The Morgan fingerprint density at radius 3 is 2.71 bits per heavy atom. The summed E-state index contributed by atoms with van der Waals surface area (Å²) in [4.78, 5) is 14.1. The van der Waals surface area contributed by atoms with Gasteiger partial charge in [0.05, 0.1) is 13.1 Å². The number of likely N-dealkylation sites (tertiary alicyclic amines) is 1. The van der Waals surface area contributed by atoms with Crippen LogP contribution in [0.4, 0.5) is 4.39 Å². The molecule has 0 radical (unpaired) electrons. The first-order chi connectivity index (χ1) is 9.88. The molecule has 2 unspecified atom stereocenters. The SMILES string of the molecule is CC1CCCN1CC(=O)NCC(C)(O)c1ccc(F)cc1. The number of carbonyl (C=O) groups excluding carboxylic acids is 1. The van der Waals surface area contributed by atoms with Gasteiger partial charge in [-0.25, -0.2) is 4.39 Å². The highest BCUT2D eigenvalue weighted by atomic mass is 19.1. The number of carbonyl (C=O) groups is 1. The third-order valence-corrected chi connectivity index (χ3v) is 4.13. The highest BCUT2D eigenvalue weighted by Crippen LogP contribution is 2.20. The Morgan fingerprint density at radius 1 is 1.48 bits per heavy atom. The van der Waals surface area contributed by atoms with E-state index in [4.69, 9.17) is 0 Å². The molecule has 0 aliphatic carbocycles. The Kier molecular flexibility index (Phi) is 4.96. The van der Waals surface area contributed by atoms with Gasteiger partial charge < -0.3 is 10.4 Å². The van der Waals surface area contributed by atoms with Crippen LogP contribution >= 0.6 is 0 Å². The van der Waals surface area contributed by atoms with Gasteiger partial charge in [-0.1, -0.05) is 12.1 Å². The summed E-state index contributed by atoms with van der Waals surface area (Å²) >= 11 is 0. The van der Waals surface area contributed by atoms with Crippen molar-refractivity contribution in [1.82, 2.24) is 10.2 Å². The Morgan fingerprint density at radius 2 is 2.14 bits per heavy atom. The first-order valence-corrected chi connectivity index (χ1v) is 7.37. The number of aliphatic hydroxyl groups is 1. The van der Waals surface area contributed by atoms with E-state index in [1.807, 2.05) is 0 Å². The molecular formula is C16H23FN2O2. The van der Waals surface area contributed by atoms with Crippen molar-refractivity contribution >= 4 is 5.91 Å². The first kappa shape index (κ1) is 15.9. The summed E-state index contributed by atoms with van der Waals surface area (Å²) in [6, 6.07) is 6.11. The van der Waals surface area contributed by atoms with Crippen molar-refractivity contribution in [2.24, 2.45) is 0 Å². The third-order valence-electron chi connectivity index (χ3n) is 4.13. The average Bonchev–Trinajstić information content (AvgIpc) is 2.83. The predicted molar refractivity (Wildman–Crippen MR) is 79.2 cm³/mol. The van der Waals surface area contributed by atoms with Crippen LogP contribution in [0.1, 0.15) is 32.3 Å². The zero-order valence-corrected chi connectivity index (χ0v) is 12.6. The Labute approximate surface area is 125 Å². The maximum absolute atomic E-state index is 12.9. The standard InChI is InChI=1S/C16H23FN2O2/c1-12-4-3-9-19(12)10-15(20)18-11-16(2,21)13-5-7-14(17)8-6-13/h5-8,12,21H,3-4,9-11H2,1-2H3,(H,18,20). The van der Waals surface area contributed by atoms with E-state index in [1.165, 1.54) is 24.3 Å². The zero-order chi connectivity index (χ0) is 15.5. The molecule has 0 saturated carbocycles. The monoisotopic (exact) mass is 294 g/mol. The van der Waals surface area contributed by atoms with Crippen molar-refractivity contribution in [3.8, 4) is 0 Å². The number of rotatable bonds is 5. The fraction of sp³-hybridized carbons (Fsp3) is 0.562. The molecule has 1 aliphatic rings. The number of nitrogens with zero attached hydrogens (tertiary/aromatic N) is 1. The molecule has 1 fully saturated rings. The van der Waals surface area contributed by atoms with Gasteiger partial charge in [-0.15, -0.1) is 0 Å². The largest absolute Gasteiger partial charge is 0.384 e. The van der Waals surface area contributed by atoms with Crippen molar-refractivity contribution in [3.63, 3.8) is 0 Å². The van der Waals surface area contributed by atoms with E-state index >= 15 is 0 Å². The fourth-order valence-electron chi connectivity index (χ4n) is 2.65. The van der Waals surface area contributed by atoms with Crippen LogP contribution in [0.5, 0.6) is 0 Å². The van der Waals surface area contributed by atoms with Gasteiger partial charge in [-0.3, -0.25) is 9.69 Å². The molecule has 1 heterocycles. The number of benzene rings is 1. The van der Waals surface area contributed by atoms with Gasteiger partial charge in [0, 0.05) is 6.04 Å². The Balaban J connectivity index is 1.86. The number of hydrogen-bond acceptors (Lipinski definition) is 3. The highest BCUT2D eigenvalue weighted by molar-refractivity contribution is 5.78. The maximum atomic E-state index is 12.9. The number of amides is 1. The molecule has 1 aromatic rings. The highest BCUT2D eigenvalue weighted by Gasteiger charge is 2.26. The van der Waals surface area contributed by atoms with E-state index in [9.17, 15) is 14.3 Å². The van der Waals surface area contributed by atoms with Crippen LogP contribution in [0, 0.1) is 5.82 Å². The van der Waals surface area contributed by atoms with Crippen molar-refractivity contribution in [2.45, 2.75) is 38.3 Å². The van der Waals surface area contributed by atoms with Gasteiger partial charge >= 0.3 is 0 Å². The molecule has 1 aliphatic heterocycles. The number of hydrogen-bond donors (Lipinski definition) is 2. The van der Waals surface area contributed by atoms with Crippen LogP contribution in [0.15, 0.2) is 24.3 Å². The molecule has 1 aromatic carbocycles. The number of nitrogens with one attached hydrogen (secondary N) is 1. The lowest BCUT2D eigenvalue weighted by molar-refractivity contribution is -0.123. The summed E-state index contributed by atoms with van der Waals surface area (Å²) in [6.07, 6.45) is 2.25. The van der Waals surface area contributed by atoms with Crippen molar-refractivity contribution in [2.75, 3.05) is 19.6 Å². The van der Waals surface area contributed by atoms with Crippen LogP contribution in [0.2, 0.25) is 0 Å². The van der Waals surface area contributed by atoms with Crippen LogP contribution in [0.3, 0.4) is 0 Å². The molecule has 5 heteroatoms. The van der Waals surface area contributed by atoms with Gasteiger partial charge in [0.1, 0.15) is 11.4 Å². The summed E-state index contributed by atoms with van der Waals surface area (Å²) in [6.45, 7) is 5.15. The number of halogens is 1. The lowest BCUT2D eigenvalue weighted by atomic mass is 9.96. The molecule has 21 heavy (non-hydrogen) atoms. The quantitative estimate of drug-likeness (QED) is 0.868. The molecule has 0 aromatic heterocycles. The second kappa shape index (κ2) is 6.54. The Bertz CT molecular complexity index is 488. The minimum absolute atomic E-state index is 0.0915. The normalized spacial score (nSPS) is 22.0. The van der Waals surface area contributed by atoms with Crippen LogP contribution in [-0.2, 0) is 10.4 Å². The molecule has 0 bridgehead atoms. The van der Waals surface area contributed by atoms with Crippen molar-refractivity contribution in [1.29, 1.82) is 0 Å². The lowest BCUT2D eigenvalue weighted by Crippen LogP contribution is -2.44. The Hall–Kier alpha value is -1.46. The second-order valence-electron chi connectivity index (χ2n) is 6.02. The zero-order valence-electron chi connectivity index (χ0n) is 12.6. The van der Waals surface area contributed by atoms with Gasteiger partial charge in [0.15, 0.2) is 0 Å². The van der Waals surface area contributed by atoms with Gasteiger partial charge in [-0.05, 0) is 50.9 Å². The molecule has 4 nitrogen and oxygen atoms in total. The molecule has 2 atom stereocenters. The topological polar surface area (TPSA) is 52.6 Å². The minimum Gasteiger partial charge on any atom is -0.384 e. The second-order valence-corrected chi connectivity index (χ2v) is 6.02. The summed E-state index contributed by atoms with van der Waals surface area (Å²) in [7, 11) is 0. The first-order valence-electron chi connectivity index (χ1n) is 7.37. The van der Waals surface area contributed by atoms with Crippen LogP contribution < -0.4 is 5.32 Å². The average molecular weight is 294 g/mol. The lowest BCUT2D eigenvalue weighted by Gasteiger charge is -2.26. The minimum atomic E-state index is -1.21. The smallest absolute Gasteiger partial charge is 0.234 e. The summed E-state index contributed by atoms with van der Waals surface area (Å²) in [5, 5.41) is 13.1. The molecule has 1 saturated heterocycles. The molecule has 0 spiro atoms. The van der Waals surface area contributed by atoms with E-state index in [0.717, 1.165) is 19.4 Å². The van der Waals surface area contributed by atoms with E-state index in [0.29, 0.717) is 18.2 Å². The molecule has 2 rings (SSSR count). The maximum Gasteiger partial charge on any atom is 0.234 e. The molecule has 1 amide bonds. The summed E-state index contributed by atoms with van der Waals surface area (Å²) in [5.74, 6) is -0.437. The van der Waals surface area contributed by atoms with E-state index in [1.54, 1.807) is 6.92 Å². The summed E-state index contributed by atoms with van der Waals surface area (Å²) in [5.41, 5.74) is -0.626. The van der Waals surface area contributed by atoms with Crippen LogP contribution in [-0.4, -0.2) is 41.6 Å². The van der Waals surface area contributed by atoms with Crippen LogP contribution in [0.25, 0.3) is 0 Å². The van der Waals surface area contributed by atoms with Gasteiger partial charge in [-0.2, -0.15) is 0 Å². The van der Waals surface area contributed by atoms with E-state index in [-0.39, 0.29) is 18.3 Å². The van der Waals surface area contributed by atoms with Gasteiger partial charge in [0.2, 0.25) is 5.91 Å².